The number of anilines is 1. The number of ether oxygens (including phenoxy) is 1. The van der Waals surface area contributed by atoms with E-state index in [0.717, 1.165) is 29.2 Å². The first-order chi connectivity index (χ1) is 13.8. The fourth-order valence-electron chi connectivity index (χ4n) is 3.77. The van der Waals surface area contributed by atoms with Crippen LogP contribution < -0.4 is 14.2 Å². The van der Waals surface area contributed by atoms with Gasteiger partial charge in [-0.15, -0.1) is 4.90 Å². The van der Waals surface area contributed by atoms with Crippen molar-refractivity contribution in [3.05, 3.63) is 90.5 Å². The number of nitrogens with zero attached hydrogens (tertiary/aromatic N) is 2. The Morgan fingerprint density at radius 3 is 2.39 bits per heavy atom. The molecule has 0 unspecified atom stereocenters. The summed E-state index contributed by atoms with van der Waals surface area (Å²) in [5.41, 5.74) is 2.28. The molecular weight excluding hydrogens is 368 g/mol. The maximum absolute atomic E-state index is 13.3. The van der Waals surface area contributed by atoms with E-state index in [1.54, 1.807) is 23.5 Å². The largest absolute Gasteiger partial charge is 0.513 e. The third-order valence-corrected chi connectivity index (χ3v) is 6.23. The first kappa shape index (κ1) is 17.0. The highest BCUT2D eigenvalue weighted by molar-refractivity contribution is 7.21. The first-order valence-electron chi connectivity index (χ1n) is 9.34. The lowest BCUT2D eigenvalue weighted by Gasteiger charge is -2.27. The lowest BCUT2D eigenvalue weighted by molar-refractivity contribution is -0.660. The quantitative estimate of drug-likeness (QED) is 0.435. The van der Waals surface area contributed by atoms with Gasteiger partial charge in [0.25, 0.3) is 0 Å². The van der Waals surface area contributed by atoms with Gasteiger partial charge in [-0.25, -0.2) is 4.57 Å². The lowest BCUT2D eigenvalue weighted by Crippen LogP contribution is -2.51. The van der Waals surface area contributed by atoms with Crippen molar-refractivity contribution in [3.8, 4) is 5.75 Å². The number of para-hydroxylation sites is 2. The van der Waals surface area contributed by atoms with Crippen molar-refractivity contribution in [2.24, 2.45) is 0 Å². The summed E-state index contributed by atoms with van der Waals surface area (Å²) in [7, 11) is 0. The molecule has 0 aliphatic carbocycles. The Morgan fingerprint density at radius 1 is 0.929 bits per heavy atom. The van der Waals surface area contributed by atoms with E-state index in [0.29, 0.717) is 5.75 Å². The van der Waals surface area contributed by atoms with Gasteiger partial charge in [0.2, 0.25) is 0 Å². The van der Waals surface area contributed by atoms with E-state index in [4.69, 9.17) is 4.74 Å². The van der Waals surface area contributed by atoms with Gasteiger partial charge in [0.15, 0.2) is 0 Å². The number of thiazole rings is 1. The summed E-state index contributed by atoms with van der Waals surface area (Å²) in [6, 6.07) is 27.7. The molecule has 0 fully saturated rings. The zero-order valence-electron chi connectivity index (χ0n) is 15.2. The van der Waals surface area contributed by atoms with Crippen LogP contribution in [-0.4, -0.2) is 6.09 Å². The molecule has 0 bridgehead atoms. The Bertz CT molecular complexity index is 1130. The Morgan fingerprint density at radius 2 is 1.61 bits per heavy atom. The number of carbonyl (C=O) groups is 1. The number of hydrogen-bond donors (Lipinski definition) is 0. The summed E-state index contributed by atoms with van der Waals surface area (Å²) >= 11 is 1.63. The standard InChI is InChI=1S/C23H19N2O2S/c26-23(27-18-11-5-2-6-12-18)25-19(17-9-3-1-4-10-17)15-16-24-20-13-7-8-14-21(20)28-22(24)25/h1-14,19H,15-16H2/q+1/t19-/m0/s1. The Labute approximate surface area is 167 Å². The Balaban J connectivity index is 1.61. The predicted octanol–water partition coefficient (Wildman–Crippen LogP) is 5.34. The monoisotopic (exact) mass is 387 g/mol. The lowest BCUT2D eigenvalue weighted by atomic mass is 10.0. The van der Waals surface area contributed by atoms with Gasteiger partial charge in [0.05, 0.1) is 11.2 Å². The van der Waals surface area contributed by atoms with Gasteiger partial charge in [-0.3, -0.25) is 0 Å². The van der Waals surface area contributed by atoms with E-state index in [-0.39, 0.29) is 12.1 Å². The van der Waals surface area contributed by atoms with Crippen molar-refractivity contribution < 1.29 is 14.1 Å². The minimum atomic E-state index is -0.347. The molecule has 1 aromatic heterocycles. The number of carbonyl (C=O) groups excluding carboxylic acids is 1. The third kappa shape index (κ3) is 2.94. The molecule has 28 heavy (non-hydrogen) atoms. The van der Waals surface area contributed by atoms with Crippen molar-refractivity contribution in [1.29, 1.82) is 0 Å². The van der Waals surface area contributed by atoms with Crippen LogP contribution in [0.1, 0.15) is 18.0 Å². The summed E-state index contributed by atoms with van der Waals surface area (Å²) in [5.74, 6) is 0.553. The van der Waals surface area contributed by atoms with Crippen LogP contribution >= 0.6 is 11.3 Å². The molecule has 4 nitrogen and oxygen atoms in total. The summed E-state index contributed by atoms with van der Waals surface area (Å²) in [6.45, 7) is 0.869. The fraction of sp³-hybridized carbons (Fsp3) is 0.130. The summed E-state index contributed by atoms with van der Waals surface area (Å²) in [4.78, 5) is 15.1. The van der Waals surface area contributed by atoms with Crippen molar-refractivity contribution in [2.75, 3.05) is 4.90 Å². The first-order valence-corrected chi connectivity index (χ1v) is 10.2. The molecule has 1 aliphatic heterocycles. The Kier molecular flexibility index (Phi) is 4.29. The van der Waals surface area contributed by atoms with Gasteiger partial charge in [-0.2, -0.15) is 4.79 Å². The van der Waals surface area contributed by atoms with Gasteiger partial charge in [0.1, 0.15) is 17.3 Å². The maximum atomic E-state index is 13.3. The molecule has 138 valence electrons. The number of rotatable bonds is 2. The number of hydrogen-bond acceptors (Lipinski definition) is 3. The number of aromatic nitrogens is 1. The zero-order valence-corrected chi connectivity index (χ0v) is 16.0. The second kappa shape index (κ2) is 7.09. The zero-order chi connectivity index (χ0) is 18.9. The molecule has 0 N–H and O–H groups in total. The van der Waals surface area contributed by atoms with Crippen LogP contribution in [0.3, 0.4) is 0 Å². The van der Waals surface area contributed by atoms with Crippen LogP contribution in [0, 0.1) is 0 Å². The molecular formula is C23H19N2O2S+. The summed E-state index contributed by atoms with van der Waals surface area (Å²) in [5, 5.41) is 0.919. The SMILES string of the molecule is O=C(Oc1ccccc1)N1c2sc3ccccc3[n+]2CC[C@H]1c1ccccc1. The Hall–Kier alpha value is -3.18. The summed E-state index contributed by atoms with van der Waals surface area (Å²) < 4.78 is 9.14. The molecule has 0 saturated carbocycles. The van der Waals surface area contributed by atoms with Crippen molar-refractivity contribution in [3.63, 3.8) is 0 Å². The number of aryl methyl sites for hydroxylation is 1. The van der Waals surface area contributed by atoms with Crippen LogP contribution in [0.2, 0.25) is 0 Å². The molecule has 5 rings (SSSR count). The van der Waals surface area contributed by atoms with Crippen molar-refractivity contribution in [2.45, 2.75) is 19.0 Å². The average molecular weight is 387 g/mol. The molecule has 0 radical (unpaired) electrons. The van der Waals surface area contributed by atoms with Crippen molar-refractivity contribution >= 4 is 32.8 Å². The predicted molar refractivity (Wildman–Crippen MR) is 111 cm³/mol. The third-order valence-electron chi connectivity index (χ3n) is 5.06. The van der Waals surface area contributed by atoms with Crippen LogP contribution in [0.15, 0.2) is 84.9 Å². The van der Waals surface area contributed by atoms with Crippen molar-refractivity contribution in [1.82, 2.24) is 0 Å². The second-order valence-corrected chi connectivity index (χ2v) is 7.78. The fourth-order valence-corrected chi connectivity index (χ4v) is 4.99. The molecule has 1 atom stereocenters. The summed E-state index contributed by atoms with van der Waals surface area (Å²) in [6.07, 6.45) is 0.492. The van der Waals surface area contributed by atoms with Crippen LogP contribution in [-0.2, 0) is 6.54 Å². The molecule has 1 aliphatic rings. The topological polar surface area (TPSA) is 33.4 Å². The highest BCUT2D eigenvalue weighted by Crippen LogP contribution is 2.38. The second-order valence-electron chi connectivity index (χ2n) is 6.77. The molecule has 1 amide bonds. The normalized spacial score (nSPS) is 16.0. The maximum Gasteiger partial charge on any atom is 0.513 e. The number of benzene rings is 3. The van der Waals surface area contributed by atoms with Gasteiger partial charge < -0.3 is 4.74 Å². The highest BCUT2D eigenvalue weighted by atomic mass is 32.1. The number of amides is 1. The van der Waals surface area contributed by atoms with Crippen LogP contribution in [0.4, 0.5) is 9.93 Å². The van der Waals surface area contributed by atoms with E-state index in [2.05, 4.69) is 28.8 Å². The highest BCUT2D eigenvalue weighted by Gasteiger charge is 2.43. The molecule has 0 spiro atoms. The van der Waals surface area contributed by atoms with Crippen LogP contribution in [0.25, 0.3) is 10.2 Å². The molecule has 4 aromatic rings. The van der Waals surface area contributed by atoms with Crippen LogP contribution in [0.5, 0.6) is 5.75 Å². The van der Waals surface area contributed by atoms with E-state index in [9.17, 15) is 4.79 Å². The molecule has 3 aromatic carbocycles. The van der Waals surface area contributed by atoms with E-state index in [1.807, 2.05) is 53.4 Å². The smallest absolute Gasteiger partial charge is 0.392 e. The molecule has 5 heteroatoms. The minimum absolute atomic E-state index is 0.0505. The molecule has 0 saturated heterocycles. The molecule has 2 heterocycles. The van der Waals surface area contributed by atoms with Gasteiger partial charge >= 0.3 is 11.2 Å². The van der Waals surface area contributed by atoms with E-state index >= 15 is 0 Å². The average Bonchev–Trinajstić information content (AvgIpc) is 3.13. The number of fused-ring (bicyclic) bond motifs is 3. The van der Waals surface area contributed by atoms with Gasteiger partial charge in [0, 0.05) is 6.42 Å². The van der Waals surface area contributed by atoms with E-state index < -0.39 is 0 Å². The van der Waals surface area contributed by atoms with E-state index in [1.165, 1.54) is 4.70 Å². The minimum Gasteiger partial charge on any atom is -0.392 e. The van der Waals surface area contributed by atoms with Gasteiger partial charge in [-0.05, 0) is 41.2 Å². The van der Waals surface area contributed by atoms with Gasteiger partial charge in [-0.1, -0.05) is 60.7 Å².